The highest BCUT2D eigenvalue weighted by molar-refractivity contribution is 6.30. The van der Waals surface area contributed by atoms with E-state index in [1.54, 1.807) is 25.2 Å². The average Bonchev–Trinajstić information content (AvgIpc) is 2.47. The van der Waals surface area contributed by atoms with Crippen LogP contribution in [0.1, 0.15) is 17.3 Å². The Morgan fingerprint density at radius 2 is 2.14 bits per heavy atom. The topological polar surface area (TPSA) is 63.2 Å². The molecule has 1 aromatic heterocycles. The Labute approximate surface area is 128 Å². The van der Waals surface area contributed by atoms with Gasteiger partial charge in [0.1, 0.15) is 16.7 Å². The van der Waals surface area contributed by atoms with E-state index in [0.717, 1.165) is 0 Å². The van der Waals surface area contributed by atoms with E-state index in [4.69, 9.17) is 16.3 Å². The molecule has 0 unspecified atom stereocenters. The van der Waals surface area contributed by atoms with Crippen LogP contribution >= 0.6 is 11.6 Å². The summed E-state index contributed by atoms with van der Waals surface area (Å²) in [5.74, 6) is 0.985. The van der Waals surface area contributed by atoms with Gasteiger partial charge in [0.05, 0.1) is 6.61 Å². The van der Waals surface area contributed by atoms with Crippen molar-refractivity contribution in [1.29, 1.82) is 0 Å². The number of nitrogens with zero attached hydrogens (tertiary/aromatic N) is 1. The smallest absolute Gasteiger partial charge is 0.255 e. The van der Waals surface area contributed by atoms with E-state index in [9.17, 15) is 4.79 Å². The summed E-state index contributed by atoms with van der Waals surface area (Å²) in [6, 6.07) is 10.4. The van der Waals surface area contributed by atoms with E-state index in [0.29, 0.717) is 29.4 Å². The standard InChI is InChI=1S/C15H16ClN3O2/c1-3-21-12-6-4-5-11(9-12)18-15(20)10-7-13(16)19-14(8-10)17-2/h4-9H,3H2,1-2H3,(H,17,19)(H,18,20). The zero-order chi connectivity index (χ0) is 15.2. The molecule has 0 atom stereocenters. The van der Waals surface area contributed by atoms with Gasteiger partial charge in [0.2, 0.25) is 0 Å². The molecular formula is C15H16ClN3O2. The molecule has 0 bridgehead atoms. The number of carbonyl (C=O) groups is 1. The fourth-order valence-electron chi connectivity index (χ4n) is 1.79. The molecule has 0 radical (unpaired) electrons. The van der Waals surface area contributed by atoms with Crippen LogP contribution in [-0.4, -0.2) is 24.5 Å². The van der Waals surface area contributed by atoms with Gasteiger partial charge in [-0.2, -0.15) is 0 Å². The Bertz CT molecular complexity index is 647. The van der Waals surface area contributed by atoms with Crippen LogP contribution < -0.4 is 15.4 Å². The number of carbonyl (C=O) groups excluding carboxylic acids is 1. The average molecular weight is 306 g/mol. The first-order valence-corrected chi connectivity index (χ1v) is 6.89. The quantitative estimate of drug-likeness (QED) is 0.831. The first-order valence-electron chi connectivity index (χ1n) is 6.52. The third-order valence-electron chi connectivity index (χ3n) is 2.72. The number of benzene rings is 1. The maximum atomic E-state index is 12.2. The number of amides is 1. The second-order valence-corrected chi connectivity index (χ2v) is 4.62. The van der Waals surface area contributed by atoms with Crippen LogP contribution in [0.4, 0.5) is 11.5 Å². The van der Waals surface area contributed by atoms with E-state index < -0.39 is 0 Å². The highest BCUT2D eigenvalue weighted by Gasteiger charge is 2.09. The normalized spacial score (nSPS) is 10.0. The number of rotatable bonds is 5. The maximum absolute atomic E-state index is 12.2. The minimum Gasteiger partial charge on any atom is -0.494 e. The van der Waals surface area contributed by atoms with Crippen molar-refractivity contribution in [2.24, 2.45) is 0 Å². The number of hydrogen-bond acceptors (Lipinski definition) is 4. The van der Waals surface area contributed by atoms with E-state index in [-0.39, 0.29) is 11.1 Å². The van der Waals surface area contributed by atoms with Crippen LogP contribution in [-0.2, 0) is 0 Å². The number of ether oxygens (including phenoxy) is 1. The van der Waals surface area contributed by atoms with Crippen molar-refractivity contribution in [3.63, 3.8) is 0 Å². The predicted octanol–water partition coefficient (Wildman–Crippen LogP) is 3.43. The number of hydrogen-bond donors (Lipinski definition) is 2. The van der Waals surface area contributed by atoms with Crippen molar-refractivity contribution in [3.05, 3.63) is 47.1 Å². The summed E-state index contributed by atoms with van der Waals surface area (Å²) < 4.78 is 5.40. The van der Waals surface area contributed by atoms with Crippen LogP contribution in [0.2, 0.25) is 5.15 Å². The summed E-state index contributed by atoms with van der Waals surface area (Å²) in [5.41, 5.74) is 1.09. The minimum atomic E-state index is -0.260. The summed E-state index contributed by atoms with van der Waals surface area (Å²) in [5, 5.41) is 5.92. The Kier molecular flexibility index (Phi) is 5.00. The number of aromatic nitrogens is 1. The van der Waals surface area contributed by atoms with Gasteiger partial charge in [-0.15, -0.1) is 0 Å². The van der Waals surface area contributed by atoms with Gasteiger partial charge in [0.25, 0.3) is 5.91 Å². The minimum absolute atomic E-state index is 0.259. The molecule has 2 rings (SSSR count). The van der Waals surface area contributed by atoms with Gasteiger partial charge >= 0.3 is 0 Å². The molecule has 0 aliphatic heterocycles. The van der Waals surface area contributed by atoms with Crippen molar-refractivity contribution in [3.8, 4) is 5.75 Å². The van der Waals surface area contributed by atoms with E-state index in [1.165, 1.54) is 6.07 Å². The lowest BCUT2D eigenvalue weighted by Crippen LogP contribution is -2.12. The van der Waals surface area contributed by atoms with Gasteiger partial charge in [-0.1, -0.05) is 17.7 Å². The Hall–Kier alpha value is -2.27. The lowest BCUT2D eigenvalue weighted by atomic mass is 10.2. The number of halogens is 1. The van der Waals surface area contributed by atoms with Gasteiger partial charge in [-0.05, 0) is 31.2 Å². The number of nitrogens with one attached hydrogen (secondary N) is 2. The lowest BCUT2D eigenvalue weighted by molar-refractivity contribution is 0.102. The molecule has 0 aliphatic rings. The first-order chi connectivity index (χ1) is 10.1. The molecule has 0 aliphatic carbocycles. The second-order valence-electron chi connectivity index (χ2n) is 4.23. The molecule has 2 N–H and O–H groups in total. The molecule has 1 heterocycles. The van der Waals surface area contributed by atoms with Crippen LogP contribution in [0.15, 0.2) is 36.4 Å². The summed E-state index contributed by atoms with van der Waals surface area (Å²) in [6.07, 6.45) is 0. The highest BCUT2D eigenvalue weighted by atomic mass is 35.5. The van der Waals surface area contributed by atoms with Crippen molar-refractivity contribution < 1.29 is 9.53 Å². The van der Waals surface area contributed by atoms with Crippen LogP contribution in [0.25, 0.3) is 0 Å². The molecule has 0 spiro atoms. The highest BCUT2D eigenvalue weighted by Crippen LogP contribution is 2.19. The summed E-state index contributed by atoms with van der Waals surface area (Å²) in [6.45, 7) is 2.48. The predicted molar refractivity (Wildman–Crippen MR) is 84.4 cm³/mol. The van der Waals surface area contributed by atoms with Crippen molar-refractivity contribution >= 4 is 29.0 Å². The van der Waals surface area contributed by atoms with Gasteiger partial charge in [0.15, 0.2) is 0 Å². The molecular weight excluding hydrogens is 290 g/mol. The van der Waals surface area contributed by atoms with E-state index >= 15 is 0 Å². The third-order valence-corrected chi connectivity index (χ3v) is 2.91. The number of pyridine rings is 1. The monoisotopic (exact) mass is 305 g/mol. The summed E-state index contributed by atoms with van der Waals surface area (Å²) >= 11 is 5.89. The van der Waals surface area contributed by atoms with Gasteiger partial charge in [0, 0.05) is 24.4 Å². The molecule has 1 amide bonds. The molecule has 1 aromatic carbocycles. The summed E-state index contributed by atoms with van der Waals surface area (Å²) in [4.78, 5) is 16.3. The SMILES string of the molecule is CCOc1cccc(NC(=O)c2cc(Cl)nc(NC)c2)c1. The molecule has 2 aromatic rings. The van der Waals surface area contributed by atoms with Crippen molar-refractivity contribution in [1.82, 2.24) is 4.98 Å². The van der Waals surface area contributed by atoms with Crippen LogP contribution in [0, 0.1) is 0 Å². The zero-order valence-electron chi connectivity index (χ0n) is 11.8. The molecule has 110 valence electrons. The number of anilines is 2. The molecule has 21 heavy (non-hydrogen) atoms. The molecule has 0 saturated carbocycles. The Morgan fingerprint density at radius 3 is 2.86 bits per heavy atom. The molecule has 6 heteroatoms. The Morgan fingerprint density at radius 1 is 1.33 bits per heavy atom. The first kappa shape index (κ1) is 15.1. The fraction of sp³-hybridized carbons (Fsp3) is 0.200. The molecule has 0 saturated heterocycles. The second kappa shape index (κ2) is 6.95. The van der Waals surface area contributed by atoms with Gasteiger partial charge < -0.3 is 15.4 Å². The fourth-order valence-corrected chi connectivity index (χ4v) is 2.00. The molecule has 5 nitrogen and oxygen atoms in total. The van der Waals surface area contributed by atoms with E-state index in [1.807, 2.05) is 19.1 Å². The van der Waals surface area contributed by atoms with Crippen molar-refractivity contribution in [2.75, 3.05) is 24.3 Å². The van der Waals surface area contributed by atoms with Crippen LogP contribution in [0.3, 0.4) is 0 Å². The van der Waals surface area contributed by atoms with Gasteiger partial charge in [-0.25, -0.2) is 4.98 Å². The van der Waals surface area contributed by atoms with Crippen LogP contribution in [0.5, 0.6) is 5.75 Å². The largest absolute Gasteiger partial charge is 0.494 e. The van der Waals surface area contributed by atoms with Gasteiger partial charge in [-0.3, -0.25) is 4.79 Å². The molecule has 0 fully saturated rings. The third kappa shape index (κ3) is 4.10. The van der Waals surface area contributed by atoms with E-state index in [2.05, 4.69) is 15.6 Å². The maximum Gasteiger partial charge on any atom is 0.255 e. The zero-order valence-corrected chi connectivity index (χ0v) is 12.6. The lowest BCUT2D eigenvalue weighted by Gasteiger charge is -2.09. The van der Waals surface area contributed by atoms with Crippen molar-refractivity contribution in [2.45, 2.75) is 6.92 Å². The Balaban J connectivity index is 2.17. The summed E-state index contributed by atoms with van der Waals surface area (Å²) in [7, 11) is 1.71.